The van der Waals surface area contributed by atoms with Gasteiger partial charge in [-0.3, -0.25) is 0 Å². The average molecular weight is 536 g/mol. The lowest BCUT2D eigenvalue weighted by Gasteiger charge is -2.51. The Morgan fingerprint density at radius 3 is 1.98 bits per heavy atom. The van der Waals surface area contributed by atoms with Crippen molar-refractivity contribution in [2.75, 3.05) is 21.3 Å². The number of methoxy groups -OCH3 is 3. The molecule has 5 nitrogen and oxygen atoms in total. The van der Waals surface area contributed by atoms with Gasteiger partial charge < -0.3 is 14.2 Å². The second kappa shape index (κ2) is 9.09. The molecule has 0 heterocycles. The van der Waals surface area contributed by atoms with Gasteiger partial charge >= 0.3 is 0 Å². The zero-order valence-electron chi connectivity index (χ0n) is 24.5. The molecule has 0 atom stereocenters. The van der Waals surface area contributed by atoms with Crippen LogP contribution < -0.4 is 14.2 Å². The molecule has 6 rings (SSSR count). The Hall–Kier alpha value is -3.86. The topological polar surface area (TPSA) is 57.1 Å². The van der Waals surface area contributed by atoms with Gasteiger partial charge in [0.25, 0.3) is 0 Å². The van der Waals surface area contributed by atoms with Crippen molar-refractivity contribution in [2.24, 2.45) is 16.0 Å². The minimum Gasteiger partial charge on any atom is -0.497 e. The van der Waals surface area contributed by atoms with E-state index in [9.17, 15) is 4.91 Å². The molecule has 1 saturated carbocycles. The Kier molecular flexibility index (Phi) is 5.99. The van der Waals surface area contributed by atoms with E-state index in [-0.39, 0.29) is 16.2 Å². The van der Waals surface area contributed by atoms with Crippen molar-refractivity contribution >= 4 is 16.5 Å². The number of nitrogens with zero attached hydrogens (tertiary/aromatic N) is 1. The third kappa shape index (κ3) is 3.89. The Balaban J connectivity index is 1.69. The third-order valence-corrected chi connectivity index (χ3v) is 8.98. The number of nitroso groups, excluding NO2 is 1. The summed E-state index contributed by atoms with van der Waals surface area (Å²) in [6.07, 6.45) is 3.21. The summed E-state index contributed by atoms with van der Waals surface area (Å²) < 4.78 is 17.1. The van der Waals surface area contributed by atoms with E-state index in [1.54, 1.807) is 21.3 Å². The highest BCUT2D eigenvalue weighted by Crippen LogP contribution is 2.65. The van der Waals surface area contributed by atoms with E-state index in [0.29, 0.717) is 22.9 Å². The molecule has 4 aromatic carbocycles. The number of ether oxygens (including phenoxy) is 3. The van der Waals surface area contributed by atoms with Gasteiger partial charge in [-0.2, -0.15) is 0 Å². The lowest BCUT2D eigenvalue weighted by atomic mass is 9.52. The van der Waals surface area contributed by atoms with Gasteiger partial charge in [-0.15, -0.1) is 4.91 Å². The van der Waals surface area contributed by atoms with Crippen molar-refractivity contribution < 1.29 is 14.2 Å². The molecule has 0 unspecified atom stereocenters. The molecule has 5 heteroatoms. The van der Waals surface area contributed by atoms with Crippen molar-refractivity contribution in [1.29, 1.82) is 0 Å². The quantitative estimate of drug-likeness (QED) is 0.239. The van der Waals surface area contributed by atoms with E-state index in [1.165, 1.54) is 22.3 Å². The smallest absolute Gasteiger partial charge is 0.130 e. The van der Waals surface area contributed by atoms with Crippen molar-refractivity contribution in [3.63, 3.8) is 0 Å². The van der Waals surface area contributed by atoms with Crippen LogP contribution in [0.1, 0.15) is 58.1 Å². The lowest BCUT2D eigenvalue weighted by Crippen LogP contribution is -2.43. The molecule has 2 aliphatic rings. The number of benzene rings is 4. The van der Waals surface area contributed by atoms with Gasteiger partial charge in [-0.1, -0.05) is 52.0 Å². The van der Waals surface area contributed by atoms with Crippen LogP contribution in [0, 0.1) is 15.7 Å². The van der Waals surface area contributed by atoms with Crippen molar-refractivity contribution in [2.45, 2.75) is 52.4 Å². The maximum absolute atomic E-state index is 12.5. The van der Waals surface area contributed by atoms with Crippen molar-refractivity contribution in [3.05, 3.63) is 76.7 Å². The van der Waals surface area contributed by atoms with Crippen LogP contribution in [0.15, 0.2) is 65.8 Å². The fraction of sp³-hybridized carbons (Fsp3) is 0.371. The molecular formula is C35H37NO4. The van der Waals surface area contributed by atoms with Crippen LogP contribution in [0.25, 0.3) is 33.0 Å². The first kappa shape index (κ1) is 26.4. The molecular weight excluding hydrogens is 498 g/mol. The van der Waals surface area contributed by atoms with E-state index in [0.717, 1.165) is 41.2 Å². The number of hydrogen-bond acceptors (Lipinski definition) is 5. The zero-order valence-corrected chi connectivity index (χ0v) is 24.5. The monoisotopic (exact) mass is 535 g/mol. The molecule has 0 aliphatic heterocycles. The highest BCUT2D eigenvalue weighted by atomic mass is 16.5. The maximum atomic E-state index is 12.5. The largest absolute Gasteiger partial charge is 0.497 e. The minimum absolute atomic E-state index is 0.146. The van der Waals surface area contributed by atoms with Crippen LogP contribution in [0.3, 0.4) is 0 Å². The summed E-state index contributed by atoms with van der Waals surface area (Å²) in [5, 5.41) is 5.41. The SMILES string of the molecule is COc1ccc(-c2cc3c(N=O)cc4c(c3cc2OC)-c2ccccc2C42CC(C)(C)CC(C)(C)C2)c(OC)c1. The molecule has 0 N–H and O–H groups in total. The summed E-state index contributed by atoms with van der Waals surface area (Å²) >= 11 is 0. The Morgan fingerprint density at radius 2 is 1.32 bits per heavy atom. The fourth-order valence-electron chi connectivity index (χ4n) is 8.34. The first-order valence-electron chi connectivity index (χ1n) is 13.9. The van der Waals surface area contributed by atoms with E-state index in [2.05, 4.69) is 69.3 Å². The summed E-state index contributed by atoms with van der Waals surface area (Å²) in [5.41, 5.74) is 7.26. The molecule has 0 radical (unpaired) electrons. The Morgan fingerprint density at radius 1 is 0.650 bits per heavy atom. The van der Waals surface area contributed by atoms with Crippen LogP contribution in [0.5, 0.6) is 17.2 Å². The zero-order chi connectivity index (χ0) is 28.4. The Labute approximate surface area is 236 Å². The molecule has 0 saturated heterocycles. The highest BCUT2D eigenvalue weighted by molar-refractivity contribution is 6.10. The second-order valence-electron chi connectivity index (χ2n) is 13.1. The van der Waals surface area contributed by atoms with Crippen molar-refractivity contribution in [3.8, 4) is 39.5 Å². The van der Waals surface area contributed by atoms with Crippen LogP contribution >= 0.6 is 0 Å². The number of hydrogen-bond donors (Lipinski definition) is 0. The van der Waals surface area contributed by atoms with Crippen LogP contribution in [-0.2, 0) is 5.41 Å². The molecule has 4 aromatic rings. The fourth-order valence-corrected chi connectivity index (χ4v) is 8.34. The first-order valence-corrected chi connectivity index (χ1v) is 13.9. The van der Waals surface area contributed by atoms with Crippen LogP contribution in [-0.4, -0.2) is 21.3 Å². The third-order valence-electron chi connectivity index (χ3n) is 8.98. The molecule has 206 valence electrons. The normalized spacial score (nSPS) is 17.8. The Bertz CT molecular complexity index is 1650. The lowest BCUT2D eigenvalue weighted by molar-refractivity contribution is 0.0646. The molecule has 1 fully saturated rings. The molecule has 40 heavy (non-hydrogen) atoms. The molecule has 1 spiro atoms. The van der Waals surface area contributed by atoms with Gasteiger partial charge in [0.1, 0.15) is 22.9 Å². The second-order valence-corrected chi connectivity index (χ2v) is 13.1. The summed E-state index contributed by atoms with van der Waals surface area (Å²) in [4.78, 5) is 12.5. The predicted molar refractivity (Wildman–Crippen MR) is 162 cm³/mol. The predicted octanol–water partition coefficient (Wildman–Crippen LogP) is 9.43. The molecule has 0 bridgehead atoms. The van der Waals surface area contributed by atoms with Gasteiger partial charge in [0.05, 0.1) is 21.3 Å². The summed E-state index contributed by atoms with van der Waals surface area (Å²) in [6, 6.07) is 20.7. The van der Waals surface area contributed by atoms with Gasteiger partial charge in [0.2, 0.25) is 0 Å². The average Bonchev–Trinajstić information content (AvgIpc) is 3.17. The number of rotatable bonds is 5. The minimum atomic E-state index is -0.185. The van der Waals surface area contributed by atoms with Crippen LogP contribution in [0.4, 0.5) is 5.69 Å². The summed E-state index contributed by atoms with van der Waals surface area (Å²) in [6.45, 7) is 9.53. The van der Waals surface area contributed by atoms with Gasteiger partial charge in [0, 0.05) is 28.0 Å². The van der Waals surface area contributed by atoms with Gasteiger partial charge in [-0.25, -0.2) is 0 Å². The molecule has 0 aromatic heterocycles. The van der Waals surface area contributed by atoms with Crippen molar-refractivity contribution in [1.82, 2.24) is 0 Å². The van der Waals surface area contributed by atoms with E-state index < -0.39 is 0 Å². The maximum Gasteiger partial charge on any atom is 0.130 e. The summed E-state index contributed by atoms with van der Waals surface area (Å²) in [7, 11) is 4.96. The van der Waals surface area contributed by atoms with E-state index in [1.807, 2.05) is 24.3 Å². The van der Waals surface area contributed by atoms with Gasteiger partial charge in [-0.05, 0) is 93.2 Å². The first-order chi connectivity index (χ1) is 19.1. The molecule has 0 amide bonds. The van der Waals surface area contributed by atoms with Gasteiger partial charge in [0.15, 0.2) is 0 Å². The van der Waals surface area contributed by atoms with Crippen LogP contribution in [0.2, 0.25) is 0 Å². The standard InChI is InChI=1S/C35H37NO4/c1-33(2)18-34(3,4)20-35(19-33)27-11-9-8-10-23(27)32-26-16-31(40-7)25(15-24(26)29(36-37)17-28(32)35)22-13-12-21(38-5)14-30(22)39-6/h8-17H,18-20H2,1-7H3. The van der Waals surface area contributed by atoms with E-state index >= 15 is 0 Å². The van der Waals surface area contributed by atoms with E-state index in [4.69, 9.17) is 14.2 Å². The highest BCUT2D eigenvalue weighted by Gasteiger charge is 2.53. The summed E-state index contributed by atoms with van der Waals surface area (Å²) in [5.74, 6) is 2.08. The number of fused-ring (bicyclic) bond motifs is 7. The molecule has 2 aliphatic carbocycles.